The largest absolute Gasteiger partial charge is 1.00 e. The van der Waals surface area contributed by atoms with Crippen LogP contribution in [0, 0.1) is 0 Å². The molecule has 116 valence electrons. The molecule has 1 aliphatic carbocycles. The van der Waals surface area contributed by atoms with E-state index >= 15 is 0 Å². The van der Waals surface area contributed by atoms with Gasteiger partial charge in [0.15, 0.2) is 0 Å². The van der Waals surface area contributed by atoms with Crippen LogP contribution < -0.4 is 34.6 Å². The van der Waals surface area contributed by atoms with E-state index in [4.69, 9.17) is 0 Å². The maximum Gasteiger partial charge on any atom is 0.132 e. The molecule has 3 rings (SSSR count). The summed E-state index contributed by atoms with van der Waals surface area (Å²) in [4.78, 5) is 11.5. The third-order valence-corrected chi connectivity index (χ3v) is 8.56. The molecule has 3 heteroatoms. The van der Waals surface area contributed by atoms with Crippen LogP contribution in [-0.2, 0) is 4.79 Å². The number of allylic oxidation sites excluding steroid dienone is 5. The van der Waals surface area contributed by atoms with Crippen molar-refractivity contribution < 1.29 is 28.8 Å². The van der Waals surface area contributed by atoms with Gasteiger partial charge in [0.2, 0.25) is 0 Å². The standard InChI is InChI=1S/C20H18OP.HI/c1-22(18-11-4-2-5-12-18,19-13-6-3-7-14-19)20-15-9-8-10-17(20)16-21;/h2-15,20H,1H3;1H/q+1;/p-1. The van der Waals surface area contributed by atoms with E-state index in [-0.39, 0.29) is 29.6 Å². The maximum absolute atomic E-state index is 11.5. The van der Waals surface area contributed by atoms with E-state index in [0.29, 0.717) is 0 Å². The predicted octanol–water partition coefficient (Wildman–Crippen LogP) is 0.541. The van der Waals surface area contributed by atoms with Crippen molar-refractivity contribution >= 4 is 23.8 Å². The normalized spacial score (nSPS) is 16.6. The first-order chi connectivity index (χ1) is 10.8. The summed E-state index contributed by atoms with van der Waals surface area (Å²) < 4.78 is 0. The number of carbonyl (C=O) groups excluding carboxylic acids is 1. The minimum Gasteiger partial charge on any atom is -1.00 e. The molecular weight excluding hydrogens is 414 g/mol. The fraction of sp³-hybridized carbons (Fsp3) is 0.100. The topological polar surface area (TPSA) is 17.1 Å². The summed E-state index contributed by atoms with van der Waals surface area (Å²) in [5.74, 6) is 2.16. The van der Waals surface area contributed by atoms with Gasteiger partial charge >= 0.3 is 0 Å². The summed E-state index contributed by atoms with van der Waals surface area (Å²) >= 11 is 0. The fourth-order valence-corrected chi connectivity index (χ4v) is 6.68. The number of benzene rings is 2. The Morgan fingerprint density at radius 2 is 1.39 bits per heavy atom. The van der Waals surface area contributed by atoms with Crippen molar-refractivity contribution in [2.75, 3.05) is 6.66 Å². The second kappa shape index (κ2) is 7.88. The Morgan fingerprint density at radius 3 is 1.87 bits per heavy atom. The molecule has 1 aliphatic rings. The van der Waals surface area contributed by atoms with Crippen LogP contribution in [0.5, 0.6) is 0 Å². The van der Waals surface area contributed by atoms with E-state index in [1.54, 1.807) is 0 Å². The molecule has 0 radical (unpaired) electrons. The van der Waals surface area contributed by atoms with Crippen LogP contribution in [0.4, 0.5) is 0 Å². The second-order valence-electron chi connectivity index (χ2n) is 5.49. The van der Waals surface area contributed by atoms with E-state index in [0.717, 1.165) is 5.57 Å². The lowest BCUT2D eigenvalue weighted by Crippen LogP contribution is -3.00. The average Bonchev–Trinajstić information content (AvgIpc) is 2.62. The van der Waals surface area contributed by atoms with Gasteiger partial charge in [-0.05, 0) is 36.4 Å². The highest BCUT2D eigenvalue weighted by Gasteiger charge is 2.46. The van der Waals surface area contributed by atoms with Crippen LogP contribution in [0.3, 0.4) is 0 Å². The summed E-state index contributed by atoms with van der Waals surface area (Å²) in [6.07, 6.45) is 7.99. The van der Waals surface area contributed by atoms with Crippen molar-refractivity contribution in [3.05, 3.63) is 90.5 Å². The molecule has 0 amide bonds. The Labute approximate surface area is 155 Å². The Bertz CT molecular complexity index is 719. The van der Waals surface area contributed by atoms with Gasteiger partial charge in [0.25, 0.3) is 0 Å². The summed E-state index contributed by atoms with van der Waals surface area (Å²) in [6, 6.07) is 21.1. The zero-order chi connectivity index (χ0) is 15.4. The number of hydrogen-bond acceptors (Lipinski definition) is 1. The number of rotatable bonds is 3. The fourth-order valence-electron chi connectivity index (χ4n) is 3.02. The first kappa shape index (κ1) is 17.9. The first-order valence-electron chi connectivity index (χ1n) is 7.34. The van der Waals surface area contributed by atoms with Crippen molar-refractivity contribution in [3.8, 4) is 0 Å². The molecule has 0 N–H and O–H groups in total. The summed E-state index contributed by atoms with van der Waals surface area (Å²) in [7, 11) is -1.76. The lowest BCUT2D eigenvalue weighted by atomic mass is 10.1. The van der Waals surface area contributed by atoms with E-state index < -0.39 is 7.26 Å². The first-order valence-corrected chi connectivity index (χ1v) is 9.64. The lowest BCUT2D eigenvalue weighted by Gasteiger charge is -2.30. The van der Waals surface area contributed by atoms with Crippen LogP contribution in [-0.4, -0.2) is 18.3 Å². The van der Waals surface area contributed by atoms with Gasteiger partial charge in [-0.1, -0.05) is 48.6 Å². The highest BCUT2D eigenvalue weighted by molar-refractivity contribution is 7.89. The Hall–Kier alpha value is -1.47. The molecular formula is C20H18IOP. The molecule has 0 aromatic heterocycles. The van der Waals surface area contributed by atoms with Crippen LogP contribution in [0.2, 0.25) is 0 Å². The van der Waals surface area contributed by atoms with Gasteiger partial charge in [-0.15, -0.1) is 0 Å². The second-order valence-corrected chi connectivity index (χ2v) is 9.23. The SMILES string of the molecule is C[P+](c1ccccc1)(c1ccccc1)C1C=CC=CC1=C=O.[I-]. The van der Waals surface area contributed by atoms with E-state index in [9.17, 15) is 4.79 Å². The monoisotopic (exact) mass is 432 g/mol. The Morgan fingerprint density at radius 1 is 0.870 bits per heavy atom. The molecule has 0 aliphatic heterocycles. The van der Waals surface area contributed by atoms with Gasteiger partial charge < -0.3 is 24.0 Å². The summed E-state index contributed by atoms with van der Waals surface area (Å²) in [5.41, 5.74) is 0.825. The Balaban J connectivity index is 0.00000192. The molecule has 0 saturated heterocycles. The van der Waals surface area contributed by atoms with Crippen molar-refractivity contribution in [1.82, 2.24) is 0 Å². The molecule has 0 fully saturated rings. The molecule has 0 spiro atoms. The minimum atomic E-state index is -1.76. The molecule has 2 aromatic carbocycles. The number of halogens is 1. The third-order valence-electron chi connectivity index (χ3n) is 4.26. The maximum atomic E-state index is 11.5. The molecule has 1 nitrogen and oxygen atoms in total. The van der Waals surface area contributed by atoms with Gasteiger partial charge in [-0.3, -0.25) is 0 Å². The minimum absolute atomic E-state index is 0. The predicted molar refractivity (Wildman–Crippen MR) is 96.3 cm³/mol. The molecule has 0 heterocycles. The molecule has 23 heavy (non-hydrogen) atoms. The highest BCUT2D eigenvalue weighted by Crippen LogP contribution is 2.60. The van der Waals surface area contributed by atoms with Crippen LogP contribution in [0.1, 0.15) is 0 Å². The van der Waals surface area contributed by atoms with Crippen molar-refractivity contribution in [1.29, 1.82) is 0 Å². The third kappa shape index (κ3) is 3.40. The summed E-state index contributed by atoms with van der Waals surface area (Å²) in [5, 5.41) is 2.61. The van der Waals surface area contributed by atoms with Crippen molar-refractivity contribution in [2.24, 2.45) is 0 Å². The van der Waals surface area contributed by atoms with E-state index in [1.807, 2.05) is 30.4 Å². The van der Waals surface area contributed by atoms with Gasteiger partial charge in [0.05, 0.1) is 30.1 Å². The quantitative estimate of drug-likeness (QED) is 0.394. The Kier molecular flexibility index (Phi) is 6.12. The van der Waals surface area contributed by atoms with Gasteiger partial charge in [-0.25, -0.2) is 4.79 Å². The zero-order valence-electron chi connectivity index (χ0n) is 12.9. The highest BCUT2D eigenvalue weighted by atomic mass is 127. The summed E-state index contributed by atoms with van der Waals surface area (Å²) in [6.45, 7) is 2.31. The molecule has 0 saturated carbocycles. The van der Waals surface area contributed by atoms with E-state index in [1.165, 1.54) is 10.6 Å². The molecule has 0 bridgehead atoms. The molecule has 2 aromatic rings. The molecule has 1 atom stereocenters. The van der Waals surface area contributed by atoms with Crippen molar-refractivity contribution in [3.63, 3.8) is 0 Å². The van der Waals surface area contributed by atoms with Gasteiger partial charge in [-0.2, -0.15) is 0 Å². The van der Waals surface area contributed by atoms with Gasteiger partial charge in [0.1, 0.15) is 11.6 Å². The lowest BCUT2D eigenvalue weighted by molar-refractivity contribution is -0.00000533. The van der Waals surface area contributed by atoms with Crippen molar-refractivity contribution in [2.45, 2.75) is 5.66 Å². The van der Waals surface area contributed by atoms with Crippen LogP contribution >= 0.6 is 7.26 Å². The van der Waals surface area contributed by atoms with Crippen LogP contribution in [0.15, 0.2) is 90.5 Å². The van der Waals surface area contributed by atoms with Gasteiger partial charge in [0, 0.05) is 0 Å². The molecule has 1 unspecified atom stereocenters. The van der Waals surface area contributed by atoms with E-state index in [2.05, 4.69) is 67.2 Å². The zero-order valence-corrected chi connectivity index (χ0v) is 15.9. The smallest absolute Gasteiger partial charge is 0.132 e. The van der Waals surface area contributed by atoms with Crippen LogP contribution in [0.25, 0.3) is 0 Å². The average molecular weight is 432 g/mol. The number of hydrogen-bond donors (Lipinski definition) is 0.